The van der Waals surface area contributed by atoms with Gasteiger partial charge in [0.05, 0.1) is 5.71 Å². The Hall–Kier alpha value is -1.11. The van der Waals surface area contributed by atoms with Crippen LogP contribution in [-0.2, 0) is 0 Å². The van der Waals surface area contributed by atoms with E-state index in [0.29, 0.717) is 0 Å². The molecule has 1 aliphatic carbocycles. The number of nitrogens with zero attached hydrogens (tertiary/aromatic N) is 1. The molecule has 0 saturated heterocycles. The maximum absolute atomic E-state index is 4.22. The molecule has 12 heavy (non-hydrogen) atoms. The Kier molecular flexibility index (Phi) is 3.03. The molecule has 0 bridgehead atoms. The Bertz CT molecular complexity index is 277. The van der Waals surface area contributed by atoms with Gasteiger partial charge in [-0.05, 0) is 25.0 Å². The maximum Gasteiger partial charge on any atom is 0.0642 e. The van der Waals surface area contributed by atoms with Crippen molar-refractivity contribution in [2.45, 2.75) is 20.3 Å². The Labute approximate surface area is 74.2 Å². The highest BCUT2D eigenvalue weighted by atomic mass is 14.7. The van der Waals surface area contributed by atoms with Gasteiger partial charge in [-0.3, -0.25) is 4.99 Å². The van der Waals surface area contributed by atoms with Crippen LogP contribution in [0.1, 0.15) is 20.3 Å². The van der Waals surface area contributed by atoms with Gasteiger partial charge in [0.2, 0.25) is 0 Å². The third kappa shape index (κ3) is 1.73. The normalized spacial score (nSPS) is 23.4. The van der Waals surface area contributed by atoms with Crippen LogP contribution in [0, 0.1) is 0 Å². The summed E-state index contributed by atoms with van der Waals surface area (Å²) in [6.07, 6.45) is 9.35. The highest BCUT2D eigenvalue weighted by Gasteiger charge is 2.04. The van der Waals surface area contributed by atoms with E-state index >= 15 is 0 Å². The van der Waals surface area contributed by atoms with Gasteiger partial charge in [-0.15, -0.1) is 0 Å². The van der Waals surface area contributed by atoms with Crippen LogP contribution in [0.15, 0.2) is 40.4 Å². The minimum Gasteiger partial charge on any atom is -0.288 e. The van der Waals surface area contributed by atoms with E-state index in [9.17, 15) is 0 Å². The molecule has 0 atom stereocenters. The molecule has 0 N–H and O–H groups in total. The monoisotopic (exact) mass is 161 g/mol. The van der Waals surface area contributed by atoms with Crippen LogP contribution in [0.25, 0.3) is 0 Å². The van der Waals surface area contributed by atoms with Crippen LogP contribution >= 0.6 is 0 Å². The molecular weight excluding hydrogens is 146 g/mol. The zero-order valence-electron chi connectivity index (χ0n) is 7.96. The number of hydrogen-bond donors (Lipinski definition) is 0. The molecule has 1 rings (SSSR count). The molecule has 0 radical (unpaired) electrons. The largest absolute Gasteiger partial charge is 0.288 e. The van der Waals surface area contributed by atoms with Gasteiger partial charge in [0.15, 0.2) is 0 Å². The highest BCUT2D eigenvalue weighted by molar-refractivity contribution is 6.11. The topological polar surface area (TPSA) is 12.4 Å². The average molecular weight is 161 g/mol. The van der Waals surface area contributed by atoms with Crippen molar-refractivity contribution in [3.05, 3.63) is 35.5 Å². The van der Waals surface area contributed by atoms with Crippen molar-refractivity contribution >= 4 is 5.71 Å². The molecule has 1 nitrogen and oxygen atoms in total. The average Bonchev–Trinajstić information content (AvgIpc) is 2.16. The van der Waals surface area contributed by atoms with E-state index in [2.05, 4.69) is 37.1 Å². The Morgan fingerprint density at radius 1 is 1.33 bits per heavy atom. The van der Waals surface area contributed by atoms with Crippen molar-refractivity contribution in [2.75, 3.05) is 7.05 Å². The molecule has 0 heterocycles. The summed E-state index contributed by atoms with van der Waals surface area (Å²) in [5.41, 5.74) is 3.77. The van der Waals surface area contributed by atoms with Gasteiger partial charge in [0.1, 0.15) is 0 Å². The fourth-order valence-corrected chi connectivity index (χ4v) is 1.22. The molecule has 0 aromatic carbocycles. The Balaban J connectivity index is 3.06. The summed E-state index contributed by atoms with van der Waals surface area (Å²) in [7, 11) is 1.84. The van der Waals surface area contributed by atoms with Gasteiger partial charge in [0.25, 0.3) is 0 Å². The van der Waals surface area contributed by atoms with Crippen LogP contribution in [0.5, 0.6) is 0 Å². The third-order valence-corrected chi connectivity index (χ3v) is 2.14. The van der Waals surface area contributed by atoms with Crippen molar-refractivity contribution in [1.29, 1.82) is 0 Å². The summed E-state index contributed by atoms with van der Waals surface area (Å²) >= 11 is 0. The van der Waals surface area contributed by atoms with Gasteiger partial charge < -0.3 is 0 Å². The Morgan fingerprint density at radius 3 is 2.58 bits per heavy atom. The minimum atomic E-state index is 1.09. The van der Waals surface area contributed by atoms with E-state index in [1.54, 1.807) is 0 Å². The second-order valence-corrected chi connectivity index (χ2v) is 2.87. The first-order valence-corrected chi connectivity index (χ1v) is 4.31. The molecule has 1 aliphatic rings. The van der Waals surface area contributed by atoms with E-state index in [0.717, 1.165) is 12.1 Å². The lowest BCUT2D eigenvalue weighted by atomic mass is 9.99. The molecule has 0 unspecified atom stereocenters. The molecule has 0 aromatic heterocycles. The first-order chi connectivity index (χ1) is 5.79. The second kappa shape index (κ2) is 4.05. The van der Waals surface area contributed by atoms with Crippen LogP contribution in [0.2, 0.25) is 0 Å². The predicted molar refractivity (Wildman–Crippen MR) is 54.6 cm³/mol. The second-order valence-electron chi connectivity index (χ2n) is 2.87. The quantitative estimate of drug-likeness (QED) is 0.560. The van der Waals surface area contributed by atoms with Crippen molar-refractivity contribution in [2.24, 2.45) is 4.99 Å². The molecule has 0 amide bonds. The predicted octanol–water partition coefficient (Wildman–Crippen LogP) is 2.91. The van der Waals surface area contributed by atoms with E-state index in [4.69, 9.17) is 0 Å². The van der Waals surface area contributed by atoms with Crippen LogP contribution in [0.3, 0.4) is 0 Å². The zero-order valence-corrected chi connectivity index (χ0v) is 7.96. The van der Waals surface area contributed by atoms with Gasteiger partial charge in [-0.2, -0.15) is 0 Å². The third-order valence-electron chi connectivity index (χ3n) is 2.14. The van der Waals surface area contributed by atoms with Crippen LogP contribution in [-0.4, -0.2) is 12.8 Å². The van der Waals surface area contributed by atoms with Gasteiger partial charge >= 0.3 is 0 Å². The molecular formula is C11H15N. The van der Waals surface area contributed by atoms with E-state index < -0.39 is 0 Å². The van der Waals surface area contributed by atoms with Crippen LogP contribution in [0.4, 0.5) is 0 Å². The molecule has 0 aromatic rings. The minimum absolute atomic E-state index is 1.09. The van der Waals surface area contributed by atoms with Gasteiger partial charge in [0, 0.05) is 7.05 Å². The molecule has 0 saturated carbocycles. The molecule has 1 heteroatoms. The standard InChI is InChI=1S/C11H15N/c1-4-9(2)10-7-5-6-8-11(10)12-3/h5-8H,4H2,1-3H3/b10-9-,12-11?. The SMILES string of the molecule is CC/C(C)=C1/C=CC=CC1=NC. The number of allylic oxidation sites excluding steroid dienone is 6. The van der Waals surface area contributed by atoms with Gasteiger partial charge in [-0.1, -0.05) is 30.7 Å². The first-order valence-electron chi connectivity index (χ1n) is 4.31. The smallest absolute Gasteiger partial charge is 0.0642 e. The van der Waals surface area contributed by atoms with Gasteiger partial charge in [-0.25, -0.2) is 0 Å². The summed E-state index contributed by atoms with van der Waals surface area (Å²) in [5.74, 6) is 0. The summed E-state index contributed by atoms with van der Waals surface area (Å²) in [4.78, 5) is 4.22. The lowest BCUT2D eigenvalue weighted by Gasteiger charge is -2.09. The van der Waals surface area contributed by atoms with Crippen molar-refractivity contribution in [3.63, 3.8) is 0 Å². The highest BCUT2D eigenvalue weighted by Crippen LogP contribution is 2.15. The van der Waals surface area contributed by atoms with Crippen molar-refractivity contribution in [1.82, 2.24) is 0 Å². The van der Waals surface area contributed by atoms with Crippen LogP contribution < -0.4 is 0 Å². The summed E-state index contributed by atoms with van der Waals surface area (Å²) in [6.45, 7) is 4.33. The molecule has 0 aliphatic heterocycles. The molecule has 0 fully saturated rings. The lowest BCUT2D eigenvalue weighted by Crippen LogP contribution is -2.02. The van der Waals surface area contributed by atoms with Crippen molar-refractivity contribution in [3.8, 4) is 0 Å². The van der Waals surface area contributed by atoms with Crippen molar-refractivity contribution < 1.29 is 0 Å². The number of rotatable bonds is 1. The zero-order chi connectivity index (χ0) is 8.97. The van der Waals surface area contributed by atoms with E-state index in [1.165, 1.54) is 11.1 Å². The summed E-state index contributed by atoms with van der Waals surface area (Å²) < 4.78 is 0. The Morgan fingerprint density at radius 2 is 2.00 bits per heavy atom. The van der Waals surface area contributed by atoms with E-state index in [-0.39, 0.29) is 0 Å². The maximum atomic E-state index is 4.22. The summed E-state index contributed by atoms with van der Waals surface area (Å²) in [6, 6.07) is 0. The number of aliphatic imine (C=N–C) groups is 1. The molecule has 64 valence electrons. The number of hydrogen-bond acceptors (Lipinski definition) is 1. The molecule has 0 spiro atoms. The lowest BCUT2D eigenvalue weighted by molar-refractivity contribution is 1.09. The van der Waals surface area contributed by atoms with E-state index in [1.807, 2.05) is 13.1 Å². The fraction of sp³-hybridized carbons (Fsp3) is 0.364. The fourth-order valence-electron chi connectivity index (χ4n) is 1.22. The summed E-state index contributed by atoms with van der Waals surface area (Å²) in [5, 5.41) is 0. The first kappa shape index (κ1) is 8.98.